The van der Waals surface area contributed by atoms with Crippen LogP contribution in [-0.4, -0.2) is 18.3 Å². The third-order valence-corrected chi connectivity index (χ3v) is 4.90. The maximum absolute atomic E-state index is 10.5. The summed E-state index contributed by atoms with van der Waals surface area (Å²) in [5.74, 6) is 1.31. The van der Waals surface area contributed by atoms with Crippen molar-refractivity contribution in [3.05, 3.63) is 28.2 Å². The maximum atomic E-state index is 10.5. The van der Waals surface area contributed by atoms with Crippen molar-refractivity contribution < 1.29 is 9.84 Å². The summed E-state index contributed by atoms with van der Waals surface area (Å²) in [5, 5.41) is 10.5. The molecule has 0 heterocycles. The third kappa shape index (κ3) is 4.22. The zero-order chi connectivity index (χ0) is 13.7. The average molecular weight is 327 g/mol. The number of rotatable bonds is 4. The summed E-state index contributed by atoms with van der Waals surface area (Å²) in [4.78, 5) is 0. The van der Waals surface area contributed by atoms with E-state index in [1.165, 1.54) is 38.5 Å². The van der Waals surface area contributed by atoms with Gasteiger partial charge in [-0.3, -0.25) is 0 Å². The highest BCUT2D eigenvalue weighted by Crippen LogP contribution is 2.30. The Morgan fingerprint density at radius 3 is 2.58 bits per heavy atom. The van der Waals surface area contributed by atoms with Crippen LogP contribution in [0.25, 0.3) is 0 Å². The number of hydrogen-bond donors (Lipinski definition) is 1. The van der Waals surface area contributed by atoms with Crippen molar-refractivity contribution >= 4 is 15.9 Å². The van der Waals surface area contributed by atoms with Gasteiger partial charge in [0, 0.05) is 4.47 Å². The molecule has 0 radical (unpaired) electrons. The summed E-state index contributed by atoms with van der Waals surface area (Å²) in [7, 11) is 1.68. The van der Waals surface area contributed by atoms with Gasteiger partial charge >= 0.3 is 0 Å². The molecular weight excluding hydrogens is 304 g/mol. The molecule has 3 heteroatoms. The van der Waals surface area contributed by atoms with Crippen LogP contribution in [0, 0.1) is 5.92 Å². The van der Waals surface area contributed by atoms with Gasteiger partial charge in [-0.2, -0.15) is 0 Å². The highest BCUT2D eigenvalue weighted by Gasteiger charge is 2.21. The summed E-state index contributed by atoms with van der Waals surface area (Å²) in [6.07, 6.45) is 8.00. The van der Waals surface area contributed by atoms with Crippen LogP contribution < -0.4 is 4.74 Å². The number of aliphatic hydroxyl groups excluding tert-OH is 1. The molecule has 2 rings (SSSR count). The molecule has 0 aromatic heterocycles. The normalized spacial score (nSPS) is 18.9. The lowest BCUT2D eigenvalue weighted by Gasteiger charge is -2.22. The van der Waals surface area contributed by atoms with Crippen LogP contribution in [0.5, 0.6) is 5.75 Å². The minimum absolute atomic E-state index is 0.235. The average Bonchev–Trinajstić information content (AvgIpc) is 2.70. The van der Waals surface area contributed by atoms with E-state index >= 15 is 0 Å². The topological polar surface area (TPSA) is 29.5 Å². The number of aliphatic hydroxyl groups is 1. The SMILES string of the molecule is COc1ccc(Br)c(CC(O)C2CCCCCC2)c1. The monoisotopic (exact) mass is 326 g/mol. The van der Waals surface area contributed by atoms with E-state index in [1.807, 2.05) is 18.2 Å². The van der Waals surface area contributed by atoms with Gasteiger partial charge in [0.1, 0.15) is 5.75 Å². The molecule has 0 bridgehead atoms. The first-order valence-corrected chi connectivity index (χ1v) is 8.00. The number of halogens is 1. The summed E-state index contributed by atoms with van der Waals surface area (Å²) in [5.41, 5.74) is 1.14. The van der Waals surface area contributed by atoms with E-state index in [0.717, 1.165) is 15.8 Å². The van der Waals surface area contributed by atoms with Crippen molar-refractivity contribution in [1.82, 2.24) is 0 Å². The van der Waals surface area contributed by atoms with Crippen LogP contribution in [0.1, 0.15) is 44.1 Å². The quantitative estimate of drug-likeness (QED) is 0.834. The molecule has 0 amide bonds. The Hall–Kier alpha value is -0.540. The van der Waals surface area contributed by atoms with Gasteiger partial charge in [-0.1, -0.05) is 41.6 Å². The summed E-state index contributed by atoms with van der Waals surface area (Å²) in [6, 6.07) is 5.95. The van der Waals surface area contributed by atoms with E-state index in [-0.39, 0.29) is 6.10 Å². The first-order chi connectivity index (χ1) is 9.20. The van der Waals surface area contributed by atoms with Crippen molar-refractivity contribution in [2.75, 3.05) is 7.11 Å². The Balaban J connectivity index is 2.02. The molecule has 2 nitrogen and oxygen atoms in total. The van der Waals surface area contributed by atoms with E-state index in [4.69, 9.17) is 4.74 Å². The van der Waals surface area contributed by atoms with Crippen LogP contribution in [0.4, 0.5) is 0 Å². The lowest BCUT2D eigenvalue weighted by atomic mass is 9.90. The van der Waals surface area contributed by atoms with Gasteiger partial charge in [0.05, 0.1) is 13.2 Å². The maximum Gasteiger partial charge on any atom is 0.119 e. The lowest BCUT2D eigenvalue weighted by Crippen LogP contribution is -2.22. The molecule has 19 heavy (non-hydrogen) atoms. The Labute approximate surface area is 124 Å². The zero-order valence-electron chi connectivity index (χ0n) is 11.6. The van der Waals surface area contributed by atoms with E-state index in [1.54, 1.807) is 7.11 Å². The molecule has 1 aliphatic carbocycles. The van der Waals surface area contributed by atoms with Crippen molar-refractivity contribution in [3.63, 3.8) is 0 Å². The van der Waals surface area contributed by atoms with E-state index in [0.29, 0.717) is 12.3 Å². The predicted octanol–water partition coefficient (Wildman–Crippen LogP) is 4.33. The Morgan fingerprint density at radius 2 is 1.95 bits per heavy atom. The standard InChI is InChI=1S/C16H23BrO2/c1-19-14-8-9-15(17)13(10-14)11-16(18)12-6-4-2-3-5-7-12/h8-10,12,16,18H,2-7,11H2,1H3. The molecule has 0 saturated heterocycles. The number of methoxy groups -OCH3 is 1. The molecule has 1 fully saturated rings. The van der Waals surface area contributed by atoms with Crippen molar-refractivity contribution in [3.8, 4) is 5.75 Å². The molecule has 1 saturated carbocycles. The molecule has 1 atom stereocenters. The zero-order valence-corrected chi connectivity index (χ0v) is 13.2. The molecule has 0 aliphatic heterocycles. The molecule has 1 N–H and O–H groups in total. The van der Waals surface area contributed by atoms with Crippen LogP contribution in [-0.2, 0) is 6.42 Å². The second kappa shape index (κ2) is 7.30. The van der Waals surface area contributed by atoms with E-state index < -0.39 is 0 Å². The van der Waals surface area contributed by atoms with Gasteiger partial charge in [-0.05, 0) is 48.9 Å². The first kappa shape index (κ1) is 14.9. The van der Waals surface area contributed by atoms with Crippen LogP contribution in [0.3, 0.4) is 0 Å². The molecule has 106 valence electrons. The van der Waals surface area contributed by atoms with Crippen LogP contribution in [0.15, 0.2) is 22.7 Å². The Kier molecular flexibility index (Phi) is 5.71. The molecular formula is C16H23BrO2. The second-order valence-corrected chi connectivity index (χ2v) is 6.33. The van der Waals surface area contributed by atoms with Crippen molar-refractivity contribution in [1.29, 1.82) is 0 Å². The molecule has 1 unspecified atom stereocenters. The third-order valence-electron chi connectivity index (χ3n) is 4.13. The fraction of sp³-hybridized carbons (Fsp3) is 0.625. The summed E-state index contributed by atoms with van der Waals surface area (Å²) < 4.78 is 6.31. The summed E-state index contributed by atoms with van der Waals surface area (Å²) in [6.45, 7) is 0. The van der Waals surface area contributed by atoms with Gasteiger partial charge in [0.2, 0.25) is 0 Å². The first-order valence-electron chi connectivity index (χ1n) is 7.21. The van der Waals surface area contributed by atoms with Crippen molar-refractivity contribution in [2.24, 2.45) is 5.92 Å². The molecule has 1 aliphatic rings. The summed E-state index contributed by atoms with van der Waals surface area (Å²) >= 11 is 3.56. The smallest absolute Gasteiger partial charge is 0.119 e. The minimum Gasteiger partial charge on any atom is -0.497 e. The molecule has 1 aromatic rings. The van der Waals surface area contributed by atoms with Gasteiger partial charge in [0.25, 0.3) is 0 Å². The van der Waals surface area contributed by atoms with Gasteiger partial charge < -0.3 is 9.84 Å². The lowest BCUT2D eigenvalue weighted by molar-refractivity contribution is 0.0984. The van der Waals surface area contributed by atoms with Gasteiger partial charge in [-0.15, -0.1) is 0 Å². The molecule has 0 spiro atoms. The van der Waals surface area contributed by atoms with Gasteiger partial charge in [-0.25, -0.2) is 0 Å². The predicted molar refractivity (Wildman–Crippen MR) is 81.6 cm³/mol. The van der Waals surface area contributed by atoms with Crippen molar-refractivity contribution in [2.45, 2.75) is 51.0 Å². The fourth-order valence-corrected chi connectivity index (χ4v) is 3.33. The number of hydrogen-bond acceptors (Lipinski definition) is 2. The van der Waals surface area contributed by atoms with Gasteiger partial charge in [0.15, 0.2) is 0 Å². The Bertz CT molecular complexity index is 398. The number of ether oxygens (including phenoxy) is 1. The van der Waals surface area contributed by atoms with E-state index in [2.05, 4.69) is 15.9 Å². The number of benzene rings is 1. The Morgan fingerprint density at radius 1 is 1.26 bits per heavy atom. The second-order valence-electron chi connectivity index (χ2n) is 5.48. The highest BCUT2D eigenvalue weighted by molar-refractivity contribution is 9.10. The highest BCUT2D eigenvalue weighted by atomic mass is 79.9. The van der Waals surface area contributed by atoms with Crippen LogP contribution >= 0.6 is 15.9 Å². The fourth-order valence-electron chi connectivity index (χ4n) is 2.92. The van der Waals surface area contributed by atoms with Crippen LogP contribution in [0.2, 0.25) is 0 Å². The minimum atomic E-state index is -0.235. The largest absolute Gasteiger partial charge is 0.497 e. The van der Waals surface area contributed by atoms with E-state index in [9.17, 15) is 5.11 Å². The molecule has 1 aromatic carbocycles.